The number of imide groups is 1. The van der Waals surface area contributed by atoms with Crippen LogP contribution in [-0.4, -0.2) is 33.7 Å². The number of benzene rings is 1. The summed E-state index contributed by atoms with van der Waals surface area (Å²) in [5, 5.41) is 0. The van der Waals surface area contributed by atoms with Crippen molar-refractivity contribution in [3.8, 4) is 0 Å². The Morgan fingerprint density at radius 1 is 1.21 bits per heavy atom. The molecule has 2 heterocycles. The third kappa shape index (κ3) is 2.91. The summed E-state index contributed by atoms with van der Waals surface area (Å²) in [7, 11) is 0. The van der Waals surface area contributed by atoms with Crippen molar-refractivity contribution in [1.29, 1.82) is 0 Å². The number of aromatic nitrogens is 1. The third-order valence-corrected chi connectivity index (χ3v) is 5.33. The molecule has 0 spiro atoms. The van der Waals surface area contributed by atoms with Gasteiger partial charge < -0.3 is 4.57 Å². The second-order valence-electron chi connectivity index (χ2n) is 5.94. The van der Waals surface area contributed by atoms with Gasteiger partial charge in [0.1, 0.15) is 6.54 Å². The molecule has 3 rings (SSSR count). The van der Waals surface area contributed by atoms with Crippen molar-refractivity contribution in [3.63, 3.8) is 0 Å². The van der Waals surface area contributed by atoms with Crippen molar-refractivity contribution < 1.29 is 14.4 Å². The zero-order chi connectivity index (χ0) is 17.4. The molecule has 1 aliphatic rings. The molecule has 0 radical (unpaired) electrons. The first-order valence-corrected chi connectivity index (χ1v) is 8.73. The molecular formula is C17H19N3O3S. The number of amides is 3. The van der Waals surface area contributed by atoms with Gasteiger partial charge in [-0.05, 0) is 38.0 Å². The van der Waals surface area contributed by atoms with E-state index in [0.717, 1.165) is 26.2 Å². The summed E-state index contributed by atoms with van der Waals surface area (Å²) < 4.78 is 3.09. The fourth-order valence-corrected chi connectivity index (χ4v) is 4.14. The van der Waals surface area contributed by atoms with Crippen molar-refractivity contribution in [2.75, 3.05) is 6.54 Å². The van der Waals surface area contributed by atoms with E-state index in [0.29, 0.717) is 11.3 Å². The molecule has 0 atom stereocenters. The number of carbonyl (C=O) groups excluding carboxylic acids is 3. The summed E-state index contributed by atoms with van der Waals surface area (Å²) in [4.78, 5) is 41.3. The molecular weight excluding hydrogens is 326 g/mol. The Hall–Kier alpha value is -2.28. The van der Waals surface area contributed by atoms with E-state index < -0.39 is 5.91 Å². The van der Waals surface area contributed by atoms with E-state index in [1.807, 2.05) is 25.3 Å². The minimum Gasteiger partial charge on any atom is -0.317 e. The average Bonchev–Trinajstić information content (AvgIpc) is 3.01. The molecule has 1 aromatic carbocycles. The minimum absolute atomic E-state index is 0.183. The predicted octanol–water partition coefficient (Wildman–Crippen LogP) is 1.92. The molecule has 6 nitrogen and oxygen atoms in total. The lowest BCUT2D eigenvalue weighted by molar-refractivity contribution is -0.141. The van der Waals surface area contributed by atoms with Gasteiger partial charge in [-0.15, -0.1) is 0 Å². The summed E-state index contributed by atoms with van der Waals surface area (Å²) in [6.07, 6.45) is 0.366. The third-order valence-electron chi connectivity index (χ3n) is 4.10. The molecule has 24 heavy (non-hydrogen) atoms. The number of thiazole rings is 1. The maximum absolute atomic E-state index is 12.2. The molecule has 1 fully saturated rings. The molecule has 0 aliphatic carbocycles. The molecule has 2 aromatic rings. The molecule has 1 aliphatic heterocycles. The number of hydrogen-bond donors (Lipinski definition) is 0. The Bertz CT molecular complexity index is 907. The molecule has 7 heteroatoms. The van der Waals surface area contributed by atoms with Gasteiger partial charge in [0, 0.05) is 19.4 Å². The van der Waals surface area contributed by atoms with E-state index in [4.69, 9.17) is 0 Å². The van der Waals surface area contributed by atoms with Gasteiger partial charge in [-0.3, -0.25) is 19.3 Å². The lowest BCUT2D eigenvalue weighted by Crippen LogP contribution is -2.34. The van der Waals surface area contributed by atoms with Crippen LogP contribution >= 0.6 is 11.3 Å². The Balaban J connectivity index is 2.00. The fourth-order valence-electron chi connectivity index (χ4n) is 2.98. The number of carbonyl (C=O) groups is 3. The number of hydrogen-bond acceptors (Lipinski definition) is 4. The highest BCUT2D eigenvalue weighted by Gasteiger charge is 2.30. The van der Waals surface area contributed by atoms with Crippen molar-refractivity contribution >= 4 is 39.3 Å². The smallest absolute Gasteiger partial charge is 0.268 e. The Morgan fingerprint density at radius 3 is 2.50 bits per heavy atom. The van der Waals surface area contributed by atoms with Crippen LogP contribution in [-0.2, 0) is 20.9 Å². The number of fused-ring (bicyclic) bond motifs is 1. The van der Waals surface area contributed by atoms with Crippen LogP contribution in [0.3, 0.4) is 0 Å². The topological polar surface area (TPSA) is 71.7 Å². The molecule has 0 bridgehead atoms. The normalized spacial score (nSPS) is 15.8. The standard InChI is InChI=1S/C17H19N3O3S/c1-4-19-12-8-10(2)7-11(3)16(12)24-17(19)18-13(21)9-20-14(22)5-6-15(20)23/h7-8H,4-6,9H2,1-3H3. The Labute approximate surface area is 143 Å². The van der Waals surface area contributed by atoms with Crippen molar-refractivity contribution in [1.82, 2.24) is 9.47 Å². The van der Waals surface area contributed by atoms with Gasteiger partial charge >= 0.3 is 0 Å². The lowest BCUT2D eigenvalue weighted by atomic mass is 10.1. The molecule has 1 aromatic heterocycles. The molecule has 0 N–H and O–H groups in total. The van der Waals surface area contributed by atoms with E-state index in [2.05, 4.69) is 17.1 Å². The average molecular weight is 345 g/mol. The molecule has 0 unspecified atom stereocenters. The van der Waals surface area contributed by atoms with Crippen LogP contribution in [0.1, 0.15) is 30.9 Å². The number of rotatable bonds is 3. The quantitative estimate of drug-likeness (QED) is 0.798. The highest BCUT2D eigenvalue weighted by Crippen LogP contribution is 2.23. The first kappa shape index (κ1) is 16.6. The summed E-state index contributed by atoms with van der Waals surface area (Å²) in [6.45, 7) is 6.50. The Kier molecular flexibility index (Phi) is 4.36. The monoisotopic (exact) mass is 345 g/mol. The maximum atomic E-state index is 12.2. The molecule has 3 amide bonds. The first-order chi connectivity index (χ1) is 11.4. The van der Waals surface area contributed by atoms with Crippen molar-refractivity contribution in [3.05, 3.63) is 28.1 Å². The van der Waals surface area contributed by atoms with Gasteiger partial charge in [0.15, 0.2) is 4.80 Å². The summed E-state index contributed by atoms with van der Waals surface area (Å²) >= 11 is 1.46. The summed E-state index contributed by atoms with van der Waals surface area (Å²) in [5.41, 5.74) is 3.36. The minimum atomic E-state index is -0.471. The van der Waals surface area contributed by atoms with Gasteiger partial charge in [-0.1, -0.05) is 17.4 Å². The highest BCUT2D eigenvalue weighted by molar-refractivity contribution is 7.16. The number of likely N-dealkylation sites (tertiary alicyclic amines) is 1. The van der Waals surface area contributed by atoms with Crippen LogP contribution in [0, 0.1) is 13.8 Å². The van der Waals surface area contributed by atoms with Gasteiger partial charge in [0.2, 0.25) is 11.8 Å². The van der Waals surface area contributed by atoms with Gasteiger partial charge in [-0.2, -0.15) is 4.99 Å². The fraction of sp³-hybridized carbons (Fsp3) is 0.412. The second-order valence-corrected chi connectivity index (χ2v) is 6.92. The highest BCUT2D eigenvalue weighted by atomic mass is 32.1. The second kappa shape index (κ2) is 6.32. The largest absolute Gasteiger partial charge is 0.317 e. The van der Waals surface area contributed by atoms with Crippen LogP contribution in [0.25, 0.3) is 10.2 Å². The van der Waals surface area contributed by atoms with Crippen molar-refractivity contribution in [2.24, 2.45) is 4.99 Å². The zero-order valence-electron chi connectivity index (χ0n) is 14.0. The van der Waals surface area contributed by atoms with Crippen LogP contribution in [0.15, 0.2) is 17.1 Å². The van der Waals surface area contributed by atoms with E-state index in [1.165, 1.54) is 11.3 Å². The molecule has 126 valence electrons. The van der Waals surface area contributed by atoms with Gasteiger partial charge in [0.05, 0.1) is 10.2 Å². The molecule has 1 saturated heterocycles. The van der Waals surface area contributed by atoms with Crippen molar-refractivity contribution in [2.45, 2.75) is 40.2 Å². The van der Waals surface area contributed by atoms with E-state index in [9.17, 15) is 14.4 Å². The molecule has 0 saturated carbocycles. The summed E-state index contributed by atoms with van der Waals surface area (Å²) in [5.74, 6) is -1.06. The number of aryl methyl sites for hydroxylation is 3. The summed E-state index contributed by atoms with van der Waals surface area (Å²) in [6, 6.07) is 4.19. The predicted molar refractivity (Wildman–Crippen MR) is 91.5 cm³/mol. The van der Waals surface area contributed by atoms with Gasteiger partial charge in [0.25, 0.3) is 5.91 Å². The van der Waals surface area contributed by atoms with E-state index >= 15 is 0 Å². The van der Waals surface area contributed by atoms with Crippen LogP contribution in [0.2, 0.25) is 0 Å². The lowest BCUT2D eigenvalue weighted by Gasteiger charge is -2.10. The van der Waals surface area contributed by atoms with Gasteiger partial charge in [-0.25, -0.2) is 0 Å². The zero-order valence-corrected chi connectivity index (χ0v) is 14.8. The number of nitrogens with zero attached hydrogens (tertiary/aromatic N) is 3. The van der Waals surface area contributed by atoms with Crippen LogP contribution < -0.4 is 4.80 Å². The van der Waals surface area contributed by atoms with Crippen LogP contribution in [0.4, 0.5) is 0 Å². The maximum Gasteiger partial charge on any atom is 0.268 e. The van der Waals surface area contributed by atoms with E-state index in [1.54, 1.807) is 0 Å². The van der Waals surface area contributed by atoms with Crippen LogP contribution in [0.5, 0.6) is 0 Å². The Morgan fingerprint density at radius 2 is 1.88 bits per heavy atom. The SMILES string of the molecule is CCn1c(=NC(=O)CN2C(=O)CCC2=O)sc2c(C)cc(C)cc21. The first-order valence-electron chi connectivity index (χ1n) is 7.92. The van der Waals surface area contributed by atoms with E-state index in [-0.39, 0.29) is 31.2 Å².